The summed E-state index contributed by atoms with van der Waals surface area (Å²) in [5, 5.41) is 4.23. The first kappa shape index (κ1) is 14.8. The quantitative estimate of drug-likeness (QED) is 0.874. The first-order valence-electron chi connectivity index (χ1n) is 7.57. The smallest absolute Gasteiger partial charge is 0.257 e. The molecule has 1 saturated heterocycles. The number of hydrogen-bond donors (Lipinski definition) is 0. The Morgan fingerprint density at radius 3 is 2.73 bits per heavy atom. The molecule has 0 radical (unpaired) electrons. The van der Waals surface area contributed by atoms with Crippen molar-refractivity contribution in [2.45, 2.75) is 19.8 Å². The minimum absolute atomic E-state index is 0.0622. The molecule has 0 N–H and O–H groups in total. The molecule has 0 saturated carbocycles. The van der Waals surface area contributed by atoms with Crippen LogP contribution in [0, 0.1) is 18.7 Å². The van der Waals surface area contributed by atoms with Crippen molar-refractivity contribution in [2.75, 3.05) is 13.1 Å². The molecule has 1 atom stereocenters. The van der Waals surface area contributed by atoms with Gasteiger partial charge in [0.25, 0.3) is 5.91 Å². The molecule has 5 heteroatoms. The van der Waals surface area contributed by atoms with E-state index in [1.807, 2.05) is 31.0 Å². The van der Waals surface area contributed by atoms with Crippen molar-refractivity contribution < 1.29 is 9.18 Å². The minimum atomic E-state index is -0.209. The number of rotatable bonds is 3. The highest BCUT2D eigenvalue weighted by molar-refractivity contribution is 5.95. The number of nitrogens with zero attached hydrogens (tertiary/aromatic N) is 3. The lowest BCUT2D eigenvalue weighted by Gasteiger charge is -2.16. The van der Waals surface area contributed by atoms with Crippen molar-refractivity contribution in [3.63, 3.8) is 0 Å². The van der Waals surface area contributed by atoms with Crippen LogP contribution in [0.2, 0.25) is 0 Å². The van der Waals surface area contributed by atoms with Crippen LogP contribution in [0.5, 0.6) is 0 Å². The average molecular weight is 301 g/mol. The lowest BCUT2D eigenvalue weighted by Crippen LogP contribution is -2.29. The van der Waals surface area contributed by atoms with Crippen LogP contribution in [0.3, 0.4) is 0 Å². The predicted octanol–water partition coefficient (Wildman–Crippen LogP) is 2.57. The van der Waals surface area contributed by atoms with Crippen LogP contribution in [0.1, 0.15) is 28.0 Å². The van der Waals surface area contributed by atoms with E-state index in [2.05, 4.69) is 5.10 Å². The Bertz CT molecular complexity index is 678. The van der Waals surface area contributed by atoms with Crippen LogP contribution in [0.15, 0.2) is 30.5 Å². The zero-order chi connectivity index (χ0) is 15.7. The third-order valence-corrected chi connectivity index (χ3v) is 4.25. The van der Waals surface area contributed by atoms with Crippen molar-refractivity contribution in [2.24, 2.45) is 13.0 Å². The number of amides is 1. The standard InChI is InChI=1S/C17H20FN3O/c1-12-16(11-20(2)19-12)17(22)21-8-7-14(10-21)9-13-3-5-15(18)6-4-13/h3-6,11,14H,7-10H2,1-2H3. The van der Waals surface area contributed by atoms with Crippen molar-refractivity contribution in [3.05, 3.63) is 53.1 Å². The van der Waals surface area contributed by atoms with Gasteiger partial charge in [-0.05, 0) is 43.4 Å². The number of benzene rings is 1. The number of aromatic nitrogens is 2. The highest BCUT2D eigenvalue weighted by atomic mass is 19.1. The van der Waals surface area contributed by atoms with Gasteiger partial charge in [0.15, 0.2) is 0 Å². The highest BCUT2D eigenvalue weighted by Gasteiger charge is 2.28. The Balaban J connectivity index is 1.63. The predicted molar refractivity (Wildman–Crippen MR) is 82.1 cm³/mol. The molecule has 4 nitrogen and oxygen atoms in total. The summed E-state index contributed by atoms with van der Waals surface area (Å²) in [6.07, 6.45) is 3.66. The second-order valence-electron chi connectivity index (χ2n) is 6.04. The van der Waals surface area contributed by atoms with E-state index < -0.39 is 0 Å². The highest BCUT2D eigenvalue weighted by Crippen LogP contribution is 2.23. The minimum Gasteiger partial charge on any atom is -0.338 e. The van der Waals surface area contributed by atoms with E-state index >= 15 is 0 Å². The largest absolute Gasteiger partial charge is 0.338 e. The van der Waals surface area contributed by atoms with Gasteiger partial charge in [0.05, 0.1) is 11.3 Å². The number of hydrogen-bond acceptors (Lipinski definition) is 2. The Morgan fingerprint density at radius 1 is 1.36 bits per heavy atom. The normalized spacial score (nSPS) is 18.0. The zero-order valence-corrected chi connectivity index (χ0v) is 12.9. The maximum Gasteiger partial charge on any atom is 0.257 e. The molecule has 1 amide bonds. The average Bonchev–Trinajstić information content (AvgIpc) is 3.07. The molecule has 1 aromatic heterocycles. The Morgan fingerprint density at radius 2 is 2.09 bits per heavy atom. The molecule has 2 heterocycles. The number of aryl methyl sites for hydroxylation is 2. The second kappa shape index (κ2) is 5.91. The van der Waals surface area contributed by atoms with E-state index in [1.165, 1.54) is 12.1 Å². The number of carbonyl (C=O) groups excluding carboxylic acids is 1. The molecule has 1 unspecified atom stereocenters. The van der Waals surface area contributed by atoms with Gasteiger partial charge < -0.3 is 4.90 Å². The number of halogens is 1. The van der Waals surface area contributed by atoms with E-state index in [0.717, 1.165) is 37.2 Å². The van der Waals surface area contributed by atoms with Crippen molar-refractivity contribution in [1.29, 1.82) is 0 Å². The summed E-state index contributed by atoms with van der Waals surface area (Å²) in [6.45, 7) is 3.39. The van der Waals surface area contributed by atoms with Gasteiger partial charge in [-0.2, -0.15) is 5.10 Å². The van der Waals surface area contributed by atoms with E-state index in [4.69, 9.17) is 0 Å². The van der Waals surface area contributed by atoms with Crippen molar-refractivity contribution in [3.8, 4) is 0 Å². The van der Waals surface area contributed by atoms with Gasteiger partial charge >= 0.3 is 0 Å². The topological polar surface area (TPSA) is 38.1 Å². The fourth-order valence-corrected chi connectivity index (χ4v) is 3.12. The first-order chi connectivity index (χ1) is 10.5. The van der Waals surface area contributed by atoms with Gasteiger partial charge in [-0.25, -0.2) is 4.39 Å². The van der Waals surface area contributed by atoms with Gasteiger partial charge in [0.2, 0.25) is 0 Å². The fourth-order valence-electron chi connectivity index (χ4n) is 3.12. The molecule has 0 bridgehead atoms. The van der Waals surface area contributed by atoms with Crippen LogP contribution < -0.4 is 0 Å². The van der Waals surface area contributed by atoms with E-state index in [0.29, 0.717) is 11.5 Å². The molecule has 2 aromatic rings. The SMILES string of the molecule is Cc1nn(C)cc1C(=O)N1CCC(Cc2ccc(F)cc2)C1. The Kier molecular flexibility index (Phi) is 3.96. The Hall–Kier alpha value is -2.17. The lowest BCUT2D eigenvalue weighted by atomic mass is 9.99. The van der Waals surface area contributed by atoms with Gasteiger partial charge in [0, 0.05) is 26.3 Å². The van der Waals surface area contributed by atoms with Crippen LogP contribution in [0.25, 0.3) is 0 Å². The van der Waals surface area contributed by atoms with Crippen LogP contribution in [0.4, 0.5) is 4.39 Å². The maximum atomic E-state index is 12.9. The first-order valence-corrected chi connectivity index (χ1v) is 7.57. The maximum absolute atomic E-state index is 12.9. The zero-order valence-electron chi connectivity index (χ0n) is 12.9. The molecule has 1 fully saturated rings. The molecule has 22 heavy (non-hydrogen) atoms. The van der Waals surface area contributed by atoms with Crippen LogP contribution in [-0.4, -0.2) is 33.7 Å². The second-order valence-corrected chi connectivity index (χ2v) is 6.04. The lowest BCUT2D eigenvalue weighted by molar-refractivity contribution is 0.0786. The number of carbonyl (C=O) groups is 1. The molecule has 1 aliphatic heterocycles. The molecule has 116 valence electrons. The fraction of sp³-hybridized carbons (Fsp3) is 0.412. The summed E-state index contributed by atoms with van der Waals surface area (Å²) in [5.74, 6) is 0.289. The summed E-state index contributed by atoms with van der Waals surface area (Å²) in [5.41, 5.74) is 2.58. The molecule has 0 aliphatic carbocycles. The molecule has 3 rings (SSSR count). The third kappa shape index (κ3) is 3.03. The number of likely N-dealkylation sites (tertiary alicyclic amines) is 1. The molecule has 1 aromatic carbocycles. The summed E-state index contributed by atoms with van der Waals surface area (Å²) in [4.78, 5) is 14.4. The summed E-state index contributed by atoms with van der Waals surface area (Å²) < 4.78 is 14.6. The van der Waals surface area contributed by atoms with E-state index in [9.17, 15) is 9.18 Å². The molecular weight excluding hydrogens is 281 g/mol. The van der Waals surface area contributed by atoms with E-state index in [-0.39, 0.29) is 11.7 Å². The monoisotopic (exact) mass is 301 g/mol. The third-order valence-electron chi connectivity index (χ3n) is 4.25. The molecular formula is C17H20FN3O. The van der Waals surface area contributed by atoms with Gasteiger partial charge in [-0.1, -0.05) is 12.1 Å². The summed E-state index contributed by atoms with van der Waals surface area (Å²) in [6, 6.07) is 6.63. The van der Waals surface area contributed by atoms with Crippen LogP contribution >= 0.6 is 0 Å². The van der Waals surface area contributed by atoms with Crippen molar-refractivity contribution in [1.82, 2.24) is 14.7 Å². The van der Waals surface area contributed by atoms with E-state index in [1.54, 1.807) is 10.9 Å². The summed E-state index contributed by atoms with van der Waals surface area (Å²) in [7, 11) is 1.82. The summed E-state index contributed by atoms with van der Waals surface area (Å²) >= 11 is 0. The van der Waals surface area contributed by atoms with Gasteiger partial charge in [-0.15, -0.1) is 0 Å². The Labute approximate surface area is 129 Å². The van der Waals surface area contributed by atoms with Crippen LogP contribution in [-0.2, 0) is 13.5 Å². The molecule has 0 spiro atoms. The van der Waals surface area contributed by atoms with Crippen molar-refractivity contribution >= 4 is 5.91 Å². The molecule has 1 aliphatic rings. The van der Waals surface area contributed by atoms with Gasteiger partial charge in [0.1, 0.15) is 5.82 Å². The van der Waals surface area contributed by atoms with Gasteiger partial charge in [-0.3, -0.25) is 9.48 Å².